The molecule has 2 aromatic carbocycles. The minimum atomic E-state index is -2.75. The molecule has 1 saturated carbocycles. The summed E-state index contributed by atoms with van der Waals surface area (Å²) in [4.78, 5) is 18.3. The van der Waals surface area contributed by atoms with E-state index in [0.29, 0.717) is 66.9 Å². The zero-order chi connectivity index (χ0) is 29.1. The molecule has 2 fully saturated rings. The first-order valence-corrected chi connectivity index (χ1v) is 15.0. The molecule has 1 aliphatic carbocycles. The molecular formula is C31H36ClF2N7O. The van der Waals surface area contributed by atoms with Gasteiger partial charge in [0.25, 0.3) is 6.43 Å². The van der Waals surface area contributed by atoms with Crippen molar-refractivity contribution >= 4 is 34.4 Å². The molecule has 42 heavy (non-hydrogen) atoms. The van der Waals surface area contributed by atoms with Gasteiger partial charge in [0.05, 0.1) is 24.2 Å². The molecule has 0 radical (unpaired) electrons. The van der Waals surface area contributed by atoms with Crippen LogP contribution in [-0.4, -0.2) is 70.4 Å². The van der Waals surface area contributed by atoms with Crippen LogP contribution in [0.15, 0.2) is 54.6 Å². The molecule has 0 spiro atoms. The normalized spacial score (nSPS) is 19.6. The highest BCUT2D eigenvalue weighted by molar-refractivity contribution is 6.31. The third-order valence-electron chi connectivity index (χ3n) is 8.41. The van der Waals surface area contributed by atoms with E-state index in [1.54, 1.807) is 24.3 Å². The molecule has 0 atom stereocenters. The van der Waals surface area contributed by atoms with Gasteiger partial charge < -0.3 is 15.0 Å². The summed E-state index contributed by atoms with van der Waals surface area (Å²) in [6.07, 6.45) is 1.63. The van der Waals surface area contributed by atoms with E-state index >= 15 is 0 Å². The van der Waals surface area contributed by atoms with Crippen LogP contribution in [0.5, 0.6) is 0 Å². The van der Waals surface area contributed by atoms with Gasteiger partial charge in [0.15, 0.2) is 5.82 Å². The first kappa shape index (κ1) is 28.8. The number of aromatic nitrogens is 4. The van der Waals surface area contributed by atoms with Gasteiger partial charge in [0.2, 0.25) is 5.95 Å². The molecule has 0 unspecified atom stereocenters. The summed E-state index contributed by atoms with van der Waals surface area (Å²) in [5.41, 5.74) is 2.24. The van der Waals surface area contributed by atoms with Crippen LogP contribution in [0.3, 0.4) is 0 Å². The highest BCUT2D eigenvalue weighted by Crippen LogP contribution is 2.31. The minimum absolute atomic E-state index is 0.326. The van der Waals surface area contributed by atoms with E-state index < -0.39 is 6.43 Å². The van der Waals surface area contributed by atoms with Crippen molar-refractivity contribution in [2.45, 2.75) is 44.7 Å². The van der Waals surface area contributed by atoms with Crippen LogP contribution < -0.4 is 10.2 Å². The third kappa shape index (κ3) is 6.35. The zero-order valence-corrected chi connectivity index (χ0v) is 24.5. The number of anilines is 2. The molecule has 2 aliphatic rings. The SMILES string of the molecule is CN(Cc1ccccc1Cl)[C@H]1CC[C@H](CNc2nc(N3CCOCC3)cc(-n3c(C(F)F)nc4ccccc43)n2)CC1. The average molecular weight is 596 g/mol. The maximum atomic E-state index is 14.1. The fourth-order valence-corrected chi connectivity index (χ4v) is 6.25. The first-order valence-electron chi connectivity index (χ1n) is 14.6. The Morgan fingerprint density at radius 1 is 0.976 bits per heavy atom. The molecule has 0 amide bonds. The number of nitrogens with one attached hydrogen (secondary N) is 1. The van der Waals surface area contributed by atoms with Gasteiger partial charge >= 0.3 is 0 Å². The number of imidazole rings is 1. The van der Waals surface area contributed by atoms with Crippen LogP contribution in [0, 0.1) is 5.92 Å². The fourth-order valence-electron chi connectivity index (χ4n) is 6.05. The maximum absolute atomic E-state index is 14.1. The van der Waals surface area contributed by atoms with Gasteiger partial charge in [0, 0.05) is 43.3 Å². The van der Waals surface area contributed by atoms with Gasteiger partial charge in [-0.15, -0.1) is 0 Å². The number of rotatable bonds is 9. The second kappa shape index (κ2) is 12.9. The maximum Gasteiger partial charge on any atom is 0.296 e. The molecular weight excluding hydrogens is 560 g/mol. The predicted octanol–water partition coefficient (Wildman–Crippen LogP) is 6.35. The molecule has 1 saturated heterocycles. The fraction of sp³-hybridized carbons (Fsp3) is 0.452. The van der Waals surface area contributed by atoms with Crippen molar-refractivity contribution < 1.29 is 13.5 Å². The van der Waals surface area contributed by atoms with Crippen LogP contribution >= 0.6 is 11.6 Å². The topological polar surface area (TPSA) is 71.3 Å². The molecule has 6 rings (SSSR count). The number of hydrogen-bond donors (Lipinski definition) is 1. The summed E-state index contributed by atoms with van der Waals surface area (Å²) in [6, 6.07) is 17.4. The molecule has 1 aliphatic heterocycles. The lowest BCUT2D eigenvalue weighted by atomic mass is 9.85. The lowest BCUT2D eigenvalue weighted by molar-refractivity contribution is 0.122. The number of nitrogens with zero attached hydrogens (tertiary/aromatic N) is 6. The summed E-state index contributed by atoms with van der Waals surface area (Å²) in [5, 5.41) is 4.26. The van der Waals surface area contributed by atoms with Crippen molar-refractivity contribution in [3.63, 3.8) is 0 Å². The molecule has 8 nitrogen and oxygen atoms in total. The molecule has 3 heterocycles. The van der Waals surface area contributed by atoms with E-state index in [1.807, 2.05) is 24.3 Å². The van der Waals surface area contributed by atoms with Crippen LogP contribution in [0.2, 0.25) is 5.02 Å². The molecule has 222 valence electrons. The van der Waals surface area contributed by atoms with Gasteiger partial charge in [-0.25, -0.2) is 13.8 Å². The van der Waals surface area contributed by atoms with E-state index in [-0.39, 0.29) is 5.82 Å². The Labute approximate surface area is 249 Å². The Hall–Kier alpha value is -3.34. The van der Waals surface area contributed by atoms with E-state index in [9.17, 15) is 8.78 Å². The average Bonchev–Trinajstić information content (AvgIpc) is 3.42. The number of para-hydroxylation sites is 2. The van der Waals surface area contributed by atoms with Crippen LogP contribution in [0.1, 0.15) is 43.5 Å². The molecule has 1 N–H and O–H groups in total. The van der Waals surface area contributed by atoms with E-state index in [2.05, 4.69) is 33.2 Å². The Morgan fingerprint density at radius 2 is 1.69 bits per heavy atom. The van der Waals surface area contributed by atoms with E-state index in [0.717, 1.165) is 49.4 Å². The lowest BCUT2D eigenvalue weighted by Crippen LogP contribution is -2.37. The third-order valence-corrected chi connectivity index (χ3v) is 8.78. The Bertz CT molecular complexity index is 1500. The predicted molar refractivity (Wildman–Crippen MR) is 162 cm³/mol. The Balaban J connectivity index is 1.18. The number of morpholine rings is 1. The highest BCUT2D eigenvalue weighted by Gasteiger charge is 2.26. The van der Waals surface area contributed by atoms with Crippen molar-refractivity contribution in [2.24, 2.45) is 5.92 Å². The van der Waals surface area contributed by atoms with Crippen LogP contribution in [0.4, 0.5) is 20.5 Å². The highest BCUT2D eigenvalue weighted by atomic mass is 35.5. The van der Waals surface area contributed by atoms with Crippen molar-refractivity contribution in [3.8, 4) is 5.82 Å². The second-order valence-electron chi connectivity index (χ2n) is 11.2. The van der Waals surface area contributed by atoms with Crippen molar-refractivity contribution in [2.75, 3.05) is 50.1 Å². The van der Waals surface area contributed by atoms with E-state index in [1.165, 1.54) is 4.57 Å². The van der Waals surface area contributed by atoms with Crippen molar-refractivity contribution in [1.29, 1.82) is 0 Å². The number of alkyl halides is 2. The van der Waals surface area contributed by atoms with Gasteiger partial charge in [-0.1, -0.05) is 41.9 Å². The second-order valence-corrected chi connectivity index (χ2v) is 11.6. The summed E-state index contributed by atoms with van der Waals surface area (Å²) in [6.45, 7) is 4.09. The Morgan fingerprint density at radius 3 is 2.45 bits per heavy atom. The minimum Gasteiger partial charge on any atom is -0.378 e. The van der Waals surface area contributed by atoms with Crippen molar-refractivity contribution in [1.82, 2.24) is 24.4 Å². The quantitative estimate of drug-likeness (QED) is 0.242. The van der Waals surface area contributed by atoms with Crippen molar-refractivity contribution in [3.05, 3.63) is 71.0 Å². The number of hydrogen-bond acceptors (Lipinski definition) is 7. The number of halogens is 3. The number of fused-ring (bicyclic) bond motifs is 1. The smallest absolute Gasteiger partial charge is 0.296 e. The summed E-state index contributed by atoms with van der Waals surface area (Å²) >= 11 is 6.39. The summed E-state index contributed by atoms with van der Waals surface area (Å²) in [7, 11) is 2.17. The van der Waals surface area contributed by atoms with E-state index in [4.69, 9.17) is 26.3 Å². The number of ether oxygens (including phenoxy) is 1. The van der Waals surface area contributed by atoms with Crippen LogP contribution in [-0.2, 0) is 11.3 Å². The van der Waals surface area contributed by atoms with Gasteiger partial charge in [-0.2, -0.15) is 9.97 Å². The van der Waals surface area contributed by atoms with Crippen LogP contribution in [0.25, 0.3) is 16.9 Å². The Kier molecular flexibility index (Phi) is 8.83. The number of benzene rings is 2. The molecule has 11 heteroatoms. The monoisotopic (exact) mass is 595 g/mol. The molecule has 2 aromatic heterocycles. The first-order chi connectivity index (χ1) is 20.5. The zero-order valence-electron chi connectivity index (χ0n) is 23.7. The van der Waals surface area contributed by atoms with Gasteiger partial charge in [0.1, 0.15) is 11.6 Å². The molecule has 4 aromatic rings. The molecule has 0 bridgehead atoms. The lowest BCUT2D eigenvalue weighted by Gasteiger charge is -2.35. The summed E-state index contributed by atoms with van der Waals surface area (Å²) in [5.74, 6) is 1.65. The largest absolute Gasteiger partial charge is 0.378 e. The van der Waals surface area contributed by atoms with Gasteiger partial charge in [-0.3, -0.25) is 9.47 Å². The summed E-state index contributed by atoms with van der Waals surface area (Å²) < 4.78 is 35.3. The van der Waals surface area contributed by atoms with Gasteiger partial charge in [-0.05, 0) is 62.4 Å². The standard InChI is InChI=1S/C31H36ClF2N7O/c1-39(20-22-6-2-3-7-24(22)32)23-12-10-21(11-13-23)19-35-31-37-27(40-14-16-42-17-15-40)18-28(38-31)41-26-9-5-4-8-25(26)36-30(41)29(33)34/h2-9,18,21,23,29H,10-17,19-20H2,1H3,(H,35,37,38)/t21-,23-.